The highest BCUT2D eigenvalue weighted by Crippen LogP contribution is 2.15. The van der Waals surface area contributed by atoms with Gasteiger partial charge in [-0.15, -0.1) is 0 Å². The maximum absolute atomic E-state index is 13.0. The van der Waals surface area contributed by atoms with E-state index in [2.05, 4.69) is 5.32 Å². The van der Waals surface area contributed by atoms with Crippen molar-refractivity contribution in [2.75, 3.05) is 6.54 Å². The van der Waals surface area contributed by atoms with Crippen LogP contribution in [0.3, 0.4) is 0 Å². The Balaban J connectivity index is 1.95. The molecule has 1 unspecified atom stereocenters. The van der Waals surface area contributed by atoms with E-state index in [1.54, 1.807) is 6.07 Å². The number of furan rings is 1. The second-order valence-corrected chi connectivity index (χ2v) is 3.88. The van der Waals surface area contributed by atoms with Gasteiger partial charge < -0.3 is 14.8 Å². The summed E-state index contributed by atoms with van der Waals surface area (Å²) in [6.45, 7) is -0.134. The molecule has 0 aliphatic carbocycles. The maximum Gasteiger partial charge on any atom is 0.287 e. The zero-order chi connectivity index (χ0) is 13.8. The van der Waals surface area contributed by atoms with Crippen molar-refractivity contribution in [1.29, 1.82) is 0 Å². The smallest absolute Gasteiger partial charge is 0.287 e. The Bertz CT molecular complexity index is 569. The molecular weight excluding hydrogens is 256 g/mol. The minimum Gasteiger partial charge on any atom is -0.459 e. The van der Waals surface area contributed by atoms with E-state index in [1.807, 2.05) is 0 Å². The number of hydrogen-bond acceptors (Lipinski definition) is 3. The molecule has 0 bridgehead atoms. The van der Waals surface area contributed by atoms with Crippen molar-refractivity contribution in [3.8, 4) is 0 Å². The Morgan fingerprint density at radius 2 is 2.11 bits per heavy atom. The number of rotatable bonds is 4. The quantitative estimate of drug-likeness (QED) is 0.890. The summed E-state index contributed by atoms with van der Waals surface area (Å²) in [5.74, 6) is -2.42. The first kappa shape index (κ1) is 13.2. The number of nitrogens with one attached hydrogen (secondary N) is 1. The third-order valence-corrected chi connectivity index (χ3v) is 2.53. The van der Waals surface area contributed by atoms with Crippen LogP contribution in [0.2, 0.25) is 0 Å². The molecule has 0 radical (unpaired) electrons. The van der Waals surface area contributed by atoms with E-state index >= 15 is 0 Å². The van der Waals surface area contributed by atoms with Crippen LogP contribution < -0.4 is 5.32 Å². The highest BCUT2D eigenvalue weighted by atomic mass is 19.2. The van der Waals surface area contributed by atoms with Crippen molar-refractivity contribution in [1.82, 2.24) is 5.32 Å². The zero-order valence-electron chi connectivity index (χ0n) is 9.77. The zero-order valence-corrected chi connectivity index (χ0v) is 9.77. The molecule has 0 saturated heterocycles. The van der Waals surface area contributed by atoms with Crippen LogP contribution in [0.5, 0.6) is 0 Å². The summed E-state index contributed by atoms with van der Waals surface area (Å²) in [5, 5.41) is 12.2. The lowest BCUT2D eigenvalue weighted by Gasteiger charge is -2.11. The second-order valence-electron chi connectivity index (χ2n) is 3.88. The number of halogens is 2. The molecule has 2 N–H and O–H groups in total. The number of hydrogen-bond donors (Lipinski definition) is 2. The molecular formula is C13H11F2NO3. The average molecular weight is 267 g/mol. The van der Waals surface area contributed by atoms with Gasteiger partial charge in [0.25, 0.3) is 5.91 Å². The lowest BCUT2D eigenvalue weighted by Crippen LogP contribution is -2.28. The van der Waals surface area contributed by atoms with Crippen LogP contribution in [0, 0.1) is 11.6 Å². The summed E-state index contributed by atoms with van der Waals surface area (Å²) in [5.41, 5.74) is 0.179. The van der Waals surface area contributed by atoms with Gasteiger partial charge in [-0.1, -0.05) is 6.07 Å². The summed E-state index contributed by atoms with van der Waals surface area (Å²) in [4.78, 5) is 11.5. The molecule has 2 aromatic rings. The van der Waals surface area contributed by atoms with Crippen molar-refractivity contribution in [2.24, 2.45) is 0 Å². The summed E-state index contributed by atoms with van der Waals surface area (Å²) in [6.07, 6.45) is 0.217. The lowest BCUT2D eigenvalue weighted by molar-refractivity contribution is 0.0889. The van der Waals surface area contributed by atoms with E-state index in [9.17, 15) is 18.7 Å². The number of aliphatic hydroxyl groups is 1. The standard InChI is InChI=1S/C13H11F2NO3/c14-9-4-3-8(6-10(9)15)11(17)7-16-13(18)12-2-1-5-19-12/h1-6,11,17H,7H2,(H,16,18). The summed E-state index contributed by atoms with van der Waals surface area (Å²) in [6, 6.07) is 6.09. The molecule has 0 saturated carbocycles. The summed E-state index contributed by atoms with van der Waals surface area (Å²) >= 11 is 0. The lowest BCUT2D eigenvalue weighted by atomic mass is 10.1. The Hall–Kier alpha value is -2.21. The molecule has 1 heterocycles. The Labute approximate surface area is 107 Å². The monoisotopic (exact) mass is 267 g/mol. The Kier molecular flexibility index (Phi) is 3.91. The number of aliphatic hydroxyl groups excluding tert-OH is 1. The highest BCUT2D eigenvalue weighted by molar-refractivity contribution is 5.91. The first-order valence-corrected chi connectivity index (χ1v) is 5.52. The maximum atomic E-state index is 13.0. The van der Waals surface area contributed by atoms with Crippen LogP contribution in [0.15, 0.2) is 41.0 Å². The van der Waals surface area contributed by atoms with Crippen molar-refractivity contribution < 1.29 is 23.1 Å². The third kappa shape index (κ3) is 3.17. The van der Waals surface area contributed by atoms with Gasteiger partial charge in [0.1, 0.15) is 0 Å². The average Bonchev–Trinajstić information content (AvgIpc) is 2.92. The molecule has 0 aliphatic heterocycles. The van der Waals surface area contributed by atoms with Crippen LogP contribution in [0.1, 0.15) is 22.2 Å². The van der Waals surface area contributed by atoms with Crippen molar-refractivity contribution in [3.05, 3.63) is 59.6 Å². The predicted octanol–water partition coefficient (Wildman–Crippen LogP) is 2.02. The van der Waals surface area contributed by atoms with E-state index in [0.29, 0.717) is 0 Å². The van der Waals surface area contributed by atoms with Gasteiger partial charge >= 0.3 is 0 Å². The van der Waals surface area contributed by atoms with Gasteiger partial charge in [-0.3, -0.25) is 4.79 Å². The minimum absolute atomic E-state index is 0.109. The summed E-state index contributed by atoms with van der Waals surface area (Å²) < 4.78 is 30.6. The van der Waals surface area contributed by atoms with E-state index < -0.39 is 23.6 Å². The van der Waals surface area contributed by atoms with Crippen LogP contribution in [0.4, 0.5) is 8.78 Å². The molecule has 1 aromatic heterocycles. The first-order valence-electron chi connectivity index (χ1n) is 5.52. The van der Waals surface area contributed by atoms with Gasteiger partial charge in [-0.25, -0.2) is 8.78 Å². The SMILES string of the molecule is O=C(NCC(O)c1ccc(F)c(F)c1)c1ccco1. The van der Waals surface area contributed by atoms with Crippen LogP contribution in [0.25, 0.3) is 0 Å². The first-order chi connectivity index (χ1) is 9.08. The van der Waals surface area contributed by atoms with E-state index in [1.165, 1.54) is 18.4 Å². The molecule has 19 heavy (non-hydrogen) atoms. The molecule has 4 nitrogen and oxygen atoms in total. The van der Waals surface area contributed by atoms with Gasteiger partial charge in [0.2, 0.25) is 0 Å². The molecule has 1 atom stereocenters. The molecule has 100 valence electrons. The fraction of sp³-hybridized carbons (Fsp3) is 0.154. The Morgan fingerprint density at radius 1 is 1.32 bits per heavy atom. The third-order valence-electron chi connectivity index (χ3n) is 2.53. The molecule has 0 spiro atoms. The van der Waals surface area contributed by atoms with Crippen LogP contribution in [-0.2, 0) is 0 Å². The fourth-order valence-electron chi connectivity index (χ4n) is 1.52. The number of carbonyl (C=O) groups excluding carboxylic acids is 1. The Morgan fingerprint density at radius 3 is 2.74 bits per heavy atom. The van der Waals surface area contributed by atoms with Gasteiger partial charge in [0.15, 0.2) is 17.4 Å². The van der Waals surface area contributed by atoms with Gasteiger partial charge in [-0.2, -0.15) is 0 Å². The molecule has 0 aliphatic rings. The molecule has 0 fully saturated rings. The largest absolute Gasteiger partial charge is 0.459 e. The van der Waals surface area contributed by atoms with E-state index in [4.69, 9.17) is 4.42 Å². The summed E-state index contributed by atoms with van der Waals surface area (Å²) in [7, 11) is 0. The molecule has 2 rings (SSSR count). The predicted molar refractivity (Wildman–Crippen MR) is 62.4 cm³/mol. The van der Waals surface area contributed by atoms with E-state index in [-0.39, 0.29) is 17.9 Å². The van der Waals surface area contributed by atoms with Crippen molar-refractivity contribution >= 4 is 5.91 Å². The molecule has 1 amide bonds. The van der Waals surface area contributed by atoms with Crippen molar-refractivity contribution in [2.45, 2.75) is 6.10 Å². The van der Waals surface area contributed by atoms with Gasteiger partial charge in [0, 0.05) is 6.54 Å². The van der Waals surface area contributed by atoms with Crippen LogP contribution >= 0.6 is 0 Å². The highest BCUT2D eigenvalue weighted by Gasteiger charge is 2.14. The normalized spacial score (nSPS) is 12.2. The number of carbonyl (C=O) groups is 1. The molecule has 1 aromatic carbocycles. The fourth-order valence-corrected chi connectivity index (χ4v) is 1.52. The van der Waals surface area contributed by atoms with Gasteiger partial charge in [0.05, 0.1) is 12.4 Å². The topological polar surface area (TPSA) is 62.5 Å². The molecule has 6 heteroatoms. The minimum atomic E-state index is -1.13. The number of amides is 1. The van der Waals surface area contributed by atoms with Crippen molar-refractivity contribution in [3.63, 3.8) is 0 Å². The van der Waals surface area contributed by atoms with E-state index in [0.717, 1.165) is 12.1 Å². The van der Waals surface area contributed by atoms with Gasteiger partial charge in [-0.05, 0) is 29.8 Å². The second kappa shape index (κ2) is 5.62. The number of benzene rings is 1. The van der Waals surface area contributed by atoms with Crippen LogP contribution in [-0.4, -0.2) is 17.6 Å².